The third kappa shape index (κ3) is 5.14. The topological polar surface area (TPSA) is 57.3 Å². The van der Waals surface area contributed by atoms with Gasteiger partial charge in [0.05, 0.1) is 0 Å². The van der Waals surface area contributed by atoms with Crippen LogP contribution < -0.4 is 10.6 Å². The number of pyridine rings is 1. The van der Waals surface area contributed by atoms with Crippen LogP contribution in [0.4, 0.5) is 5.69 Å². The molecule has 0 aliphatic rings. The van der Waals surface area contributed by atoms with Crippen molar-refractivity contribution in [1.29, 1.82) is 0 Å². The second kappa shape index (κ2) is 6.96. The molecule has 1 aromatic rings. The van der Waals surface area contributed by atoms with Crippen LogP contribution >= 0.6 is 0 Å². The van der Waals surface area contributed by atoms with Gasteiger partial charge in [-0.15, -0.1) is 0 Å². The van der Waals surface area contributed by atoms with Crippen LogP contribution in [0, 0.1) is 0 Å². The maximum atomic E-state index is 11.8. The van der Waals surface area contributed by atoms with E-state index in [4.69, 9.17) is 0 Å². The molecule has 0 spiro atoms. The number of nitrogens with one attached hydrogen (secondary N) is 2. The molecular weight excluding hydrogens is 228 g/mol. The van der Waals surface area contributed by atoms with Gasteiger partial charge < -0.3 is 15.5 Å². The number of carbonyl (C=O) groups excluding carboxylic acids is 1. The smallest absolute Gasteiger partial charge is 0.269 e. The summed E-state index contributed by atoms with van der Waals surface area (Å²) in [4.78, 5) is 17.9. The first kappa shape index (κ1) is 14.4. The average molecular weight is 250 g/mol. The molecule has 1 heterocycles. The van der Waals surface area contributed by atoms with E-state index in [9.17, 15) is 4.79 Å². The molecular formula is C13H22N4O. The number of hydrogen-bond acceptors (Lipinski definition) is 4. The molecule has 0 aliphatic carbocycles. The molecule has 1 aromatic heterocycles. The second-order valence-corrected chi connectivity index (χ2v) is 4.79. The van der Waals surface area contributed by atoms with E-state index in [2.05, 4.69) is 29.5 Å². The van der Waals surface area contributed by atoms with Crippen molar-refractivity contribution in [3.05, 3.63) is 24.0 Å². The summed E-state index contributed by atoms with van der Waals surface area (Å²) in [5.74, 6) is -0.135. The Morgan fingerprint density at radius 1 is 1.44 bits per heavy atom. The largest absolute Gasteiger partial charge is 0.383 e. The van der Waals surface area contributed by atoms with E-state index in [1.807, 2.05) is 25.1 Å². The summed E-state index contributed by atoms with van der Waals surface area (Å²) in [6, 6.07) is 3.96. The zero-order chi connectivity index (χ0) is 13.5. The maximum absolute atomic E-state index is 11.8. The Bertz CT molecular complexity index is 390. The third-order valence-electron chi connectivity index (χ3n) is 2.29. The van der Waals surface area contributed by atoms with Crippen LogP contribution in [0.2, 0.25) is 0 Å². The van der Waals surface area contributed by atoms with E-state index in [-0.39, 0.29) is 5.91 Å². The van der Waals surface area contributed by atoms with Crippen LogP contribution in [-0.2, 0) is 0 Å². The van der Waals surface area contributed by atoms with Gasteiger partial charge in [0.15, 0.2) is 0 Å². The summed E-state index contributed by atoms with van der Waals surface area (Å²) in [7, 11) is 3.94. The number of hydrogen-bond donors (Lipinski definition) is 2. The number of nitrogens with zero attached hydrogens (tertiary/aromatic N) is 2. The maximum Gasteiger partial charge on any atom is 0.269 e. The molecule has 5 heteroatoms. The van der Waals surface area contributed by atoms with Gasteiger partial charge in [0, 0.05) is 31.0 Å². The summed E-state index contributed by atoms with van der Waals surface area (Å²) in [6.07, 6.45) is 1.64. The van der Waals surface area contributed by atoms with Crippen molar-refractivity contribution in [1.82, 2.24) is 15.2 Å². The zero-order valence-electron chi connectivity index (χ0n) is 11.5. The van der Waals surface area contributed by atoms with E-state index in [0.29, 0.717) is 18.3 Å². The van der Waals surface area contributed by atoms with Gasteiger partial charge in [-0.2, -0.15) is 0 Å². The van der Waals surface area contributed by atoms with Gasteiger partial charge in [0.25, 0.3) is 5.91 Å². The molecule has 2 N–H and O–H groups in total. The molecule has 0 aromatic carbocycles. The monoisotopic (exact) mass is 250 g/mol. The van der Waals surface area contributed by atoms with Gasteiger partial charge in [-0.05, 0) is 40.1 Å². The van der Waals surface area contributed by atoms with E-state index in [1.54, 1.807) is 12.3 Å². The van der Waals surface area contributed by atoms with Crippen LogP contribution in [0.15, 0.2) is 18.3 Å². The Morgan fingerprint density at radius 2 is 2.17 bits per heavy atom. The number of aromatic nitrogens is 1. The Balaban J connectivity index is 2.57. The van der Waals surface area contributed by atoms with Crippen LogP contribution in [-0.4, -0.2) is 49.0 Å². The predicted octanol–water partition coefficient (Wildman–Crippen LogP) is 1.19. The minimum absolute atomic E-state index is 0.135. The molecule has 5 nitrogen and oxygen atoms in total. The molecule has 0 atom stereocenters. The quantitative estimate of drug-likeness (QED) is 0.796. The van der Waals surface area contributed by atoms with Gasteiger partial charge in [-0.3, -0.25) is 9.78 Å². The van der Waals surface area contributed by atoms with Crippen molar-refractivity contribution >= 4 is 11.6 Å². The van der Waals surface area contributed by atoms with Crippen molar-refractivity contribution in [2.45, 2.75) is 19.9 Å². The summed E-state index contributed by atoms with van der Waals surface area (Å²) < 4.78 is 0. The zero-order valence-corrected chi connectivity index (χ0v) is 11.5. The van der Waals surface area contributed by atoms with Crippen LogP contribution in [0.5, 0.6) is 0 Å². The summed E-state index contributed by atoms with van der Waals surface area (Å²) in [5, 5.41) is 6.09. The molecule has 0 bridgehead atoms. The van der Waals surface area contributed by atoms with Crippen molar-refractivity contribution < 1.29 is 4.79 Å². The van der Waals surface area contributed by atoms with Crippen LogP contribution in [0.25, 0.3) is 0 Å². The van der Waals surface area contributed by atoms with E-state index < -0.39 is 0 Å². The third-order valence-corrected chi connectivity index (χ3v) is 2.29. The fourth-order valence-corrected chi connectivity index (χ4v) is 1.46. The van der Waals surface area contributed by atoms with Crippen molar-refractivity contribution in [3.63, 3.8) is 0 Å². The highest BCUT2D eigenvalue weighted by atomic mass is 16.1. The van der Waals surface area contributed by atoms with E-state index in [0.717, 1.165) is 12.2 Å². The molecule has 0 saturated heterocycles. The van der Waals surface area contributed by atoms with Crippen molar-refractivity contribution in [2.24, 2.45) is 0 Å². The van der Waals surface area contributed by atoms with Crippen molar-refractivity contribution in [3.8, 4) is 0 Å². The van der Waals surface area contributed by atoms with Gasteiger partial charge in [0.1, 0.15) is 5.69 Å². The first-order valence-corrected chi connectivity index (χ1v) is 6.14. The van der Waals surface area contributed by atoms with E-state index in [1.165, 1.54) is 0 Å². The highest BCUT2D eigenvalue weighted by Crippen LogP contribution is 2.09. The highest BCUT2D eigenvalue weighted by Gasteiger charge is 2.07. The van der Waals surface area contributed by atoms with Gasteiger partial charge in [-0.25, -0.2) is 0 Å². The molecule has 1 amide bonds. The summed E-state index contributed by atoms with van der Waals surface area (Å²) >= 11 is 0. The number of likely N-dealkylation sites (N-methyl/N-ethyl adjacent to an activating group) is 1. The molecule has 0 radical (unpaired) electrons. The van der Waals surface area contributed by atoms with E-state index >= 15 is 0 Å². The molecule has 0 fully saturated rings. The molecule has 1 rings (SSSR count). The minimum Gasteiger partial charge on any atom is -0.383 e. The number of rotatable bonds is 6. The lowest BCUT2D eigenvalue weighted by Gasteiger charge is -2.12. The SMILES string of the molecule is CC(C)Nc1ccnc(C(=O)NCCN(C)C)c1. The summed E-state index contributed by atoms with van der Waals surface area (Å²) in [6.45, 7) is 5.54. The van der Waals surface area contributed by atoms with Gasteiger partial charge in [-0.1, -0.05) is 0 Å². The lowest BCUT2D eigenvalue weighted by atomic mass is 10.2. The lowest BCUT2D eigenvalue weighted by Crippen LogP contribution is -2.31. The standard InChI is InChI=1S/C13H22N4O/c1-10(2)16-11-5-6-14-12(9-11)13(18)15-7-8-17(3)4/h5-6,9-10H,7-8H2,1-4H3,(H,14,16)(H,15,18). The fraction of sp³-hybridized carbons (Fsp3) is 0.538. The van der Waals surface area contributed by atoms with Gasteiger partial charge in [0.2, 0.25) is 0 Å². The Morgan fingerprint density at radius 3 is 2.78 bits per heavy atom. The normalized spacial score (nSPS) is 10.8. The first-order valence-electron chi connectivity index (χ1n) is 6.14. The molecule has 18 heavy (non-hydrogen) atoms. The van der Waals surface area contributed by atoms with Crippen LogP contribution in [0.1, 0.15) is 24.3 Å². The Hall–Kier alpha value is -1.62. The number of amides is 1. The second-order valence-electron chi connectivity index (χ2n) is 4.79. The minimum atomic E-state index is -0.135. The fourth-order valence-electron chi connectivity index (χ4n) is 1.46. The number of carbonyl (C=O) groups is 1. The Labute approximate surface area is 109 Å². The lowest BCUT2D eigenvalue weighted by molar-refractivity contribution is 0.0946. The predicted molar refractivity (Wildman–Crippen MR) is 73.9 cm³/mol. The molecule has 0 saturated carbocycles. The average Bonchev–Trinajstić information content (AvgIpc) is 2.27. The van der Waals surface area contributed by atoms with Crippen LogP contribution in [0.3, 0.4) is 0 Å². The number of anilines is 1. The highest BCUT2D eigenvalue weighted by molar-refractivity contribution is 5.93. The first-order chi connectivity index (χ1) is 8.49. The summed E-state index contributed by atoms with van der Waals surface area (Å²) in [5.41, 5.74) is 1.36. The van der Waals surface area contributed by atoms with Gasteiger partial charge >= 0.3 is 0 Å². The molecule has 100 valence electrons. The molecule has 0 aliphatic heterocycles. The molecule has 0 unspecified atom stereocenters. The Kier molecular flexibility index (Phi) is 5.58. The van der Waals surface area contributed by atoms with Crippen molar-refractivity contribution in [2.75, 3.05) is 32.5 Å².